The number of ether oxygens (including phenoxy) is 1. The molecule has 0 N–H and O–H groups in total. The summed E-state index contributed by atoms with van der Waals surface area (Å²) in [4.78, 5) is 23.3. The summed E-state index contributed by atoms with van der Waals surface area (Å²) in [7, 11) is 0. The molecular weight excluding hydrogens is 384 g/mol. The number of hydrogen-bond donors (Lipinski definition) is 0. The van der Waals surface area contributed by atoms with Gasteiger partial charge in [-0.25, -0.2) is 0 Å². The first-order chi connectivity index (χ1) is 15.3. The lowest BCUT2D eigenvalue weighted by atomic mass is 9.94. The molecule has 0 saturated carbocycles. The lowest BCUT2D eigenvalue weighted by Gasteiger charge is -2.15. The SMILES string of the molecule is O=Cc1cccc(COCc2cccc(C=O)c2-c2ccccc2)c1-c1ccccc1. The van der Waals surface area contributed by atoms with Crippen molar-refractivity contribution >= 4 is 12.6 Å². The molecule has 0 aliphatic rings. The fourth-order valence-electron chi connectivity index (χ4n) is 3.86. The molecule has 0 aromatic heterocycles. The van der Waals surface area contributed by atoms with E-state index in [-0.39, 0.29) is 0 Å². The molecule has 0 atom stereocenters. The summed E-state index contributed by atoms with van der Waals surface area (Å²) in [6.07, 6.45) is 1.76. The van der Waals surface area contributed by atoms with Gasteiger partial charge in [0.15, 0.2) is 12.6 Å². The van der Waals surface area contributed by atoms with Crippen molar-refractivity contribution < 1.29 is 14.3 Å². The Balaban J connectivity index is 1.62. The van der Waals surface area contributed by atoms with Gasteiger partial charge in [-0.3, -0.25) is 9.59 Å². The van der Waals surface area contributed by atoms with Crippen LogP contribution in [0, 0.1) is 0 Å². The van der Waals surface area contributed by atoms with Gasteiger partial charge in [0.1, 0.15) is 0 Å². The largest absolute Gasteiger partial charge is 0.372 e. The van der Waals surface area contributed by atoms with Gasteiger partial charge in [0.2, 0.25) is 0 Å². The van der Waals surface area contributed by atoms with Gasteiger partial charge in [-0.1, -0.05) is 97.1 Å². The van der Waals surface area contributed by atoms with Crippen LogP contribution >= 0.6 is 0 Å². The van der Waals surface area contributed by atoms with Gasteiger partial charge in [-0.2, -0.15) is 0 Å². The second-order valence-corrected chi connectivity index (χ2v) is 7.22. The average Bonchev–Trinajstić information content (AvgIpc) is 2.84. The zero-order valence-electron chi connectivity index (χ0n) is 17.0. The molecule has 0 unspecified atom stereocenters. The molecule has 4 rings (SSSR count). The van der Waals surface area contributed by atoms with Gasteiger partial charge >= 0.3 is 0 Å². The number of benzene rings is 4. The van der Waals surface area contributed by atoms with Crippen molar-refractivity contribution in [2.45, 2.75) is 13.2 Å². The zero-order chi connectivity index (χ0) is 21.5. The van der Waals surface area contributed by atoms with E-state index in [9.17, 15) is 9.59 Å². The van der Waals surface area contributed by atoms with Gasteiger partial charge in [0.25, 0.3) is 0 Å². The Morgan fingerprint density at radius 3 is 1.32 bits per heavy atom. The van der Waals surface area contributed by atoms with Gasteiger partial charge < -0.3 is 4.74 Å². The minimum Gasteiger partial charge on any atom is -0.372 e. The highest BCUT2D eigenvalue weighted by Gasteiger charge is 2.13. The van der Waals surface area contributed by atoms with Gasteiger partial charge in [-0.05, 0) is 33.4 Å². The van der Waals surface area contributed by atoms with E-state index in [1.165, 1.54) is 0 Å². The average molecular weight is 406 g/mol. The van der Waals surface area contributed by atoms with E-state index in [1.54, 1.807) is 0 Å². The van der Waals surface area contributed by atoms with Crippen molar-refractivity contribution in [1.29, 1.82) is 0 Å². The van der Waals surface area contributed by atoms with Crippen LogP contribution in [0.15, 0.2) is 97.1 Å². The Hall–Kier alpha value is -3.82. The maximum Gasteiger partial charge on any atom is 0.150 e. The standard InChI is InChI=1S/C28H22O3/c29-17-23-13-7-15-25(27(23)21-9-3-1-4-10-21)19-31-20-26-16-8-14-24(18-30)28(26)22-11-5-2-6-12-22/h1-18H,19-20H2. The zero-order valence-corrected chi connectivity index (χ0v) is 17.0. The first-order valence-electron chi connectivity index (χ1n) is 10.1. The van der Waals surface area contributed by atoms with Crippen molar-refractivity contribution in [2.24, 2.45) is 0 Å². The molecule has 0 radical (unpaired) electrons. The highest BCUT2D eigenvalue weighted by molar-refractivity contribution is 5.90. The quantitative estimate of drug-likeness (QED) is 0.320. The lowest BCUT2D eigenvalue weighted by molar-refractivity contribution is 0.107. The third-order valence-electron chi connectivity index (χ3n) is 5.26. The molecule has 0 fully saturated rings. The maximum atomic E-state index is 11.6. The summed E-state index contributed by atoms with van der Waals surface area (Å²) in [5.74, 6) is 0. The minimum absolute atomic E-state index is 0.353. The third kappa shape index (κ3) is 4.52. The molecular formula is C28H22O3. The summed E-state index contributed by atoms with van der Waals surface area (Å²) < 4.78 is 6.10. The number of carbonyl (C=O) groups excluding carboxylic acids is 2. The van der Waals surface area contributed by atoms with Crippen LogP contribution in [0.25, 0.3) is 22.3 Å². The maximum absolute atomic E-state index is 11.6. The Kier molecular flexibility index (Phi) is 6.46. The molecule has 0 aliphatic heterocycles. The van der Waals surface area contributed by atoms with E-state index in [0.29, 0.717) is 24.3 Å². The van der Waals surface area contributed by atoms with Crippen LogP contribution in [0.4, 0.5) is 0 Å². The molecule has 3 heteroatoms. The summed E-state index contributed by atoms with van der Waals surface area (Å²) in [5.41, 5.74) is 6.92. The number of aldehydes is 2. The van der Waals surface area contributed by atoms with E-state index in [1.807, 2.05) is 97.1 Å². The Labute approximate surface area is 181 Å². The fraction of sp³-hybridized carbons (Fsp3) is 0.0714. The molecule has 0 amide bonds. The van der Waals surface area contributed by atoms with Crippen molar-refractivity contribution in [1.82, 2.24) is 0 Å². The van der Waals surface area contributed by atoms with E-state index in [2.05, 4.69) is 0 Å². The molecule has 31 heavy (non-hydrogen) atoms. The second kappa shape index (κ2) is 9.79. The van der Waals surface area contributed by atoms with Crippen LogP contribution in [0.2, 0.25) is 0 Å². The molecule has 0 spiro atoms. The van der Waals surface area contributed by atoms with Gasteiger partial charge in [0, 0.05) is 11.1 Å². The van der Waals surface area contributed by atoms with Crippen molar-refractivity contribution in [2.75, 3.05) is 0 Å². The van der Waals surface area contributed by atoms with Crippen molar-refractivity contribution in [3.8, 4) is 22.3 Å². The molecule has 0 aliphatic carbocycles. The Morgan fingerprint density at radius 1 is 0.516 bits per heavy atom. The monoisotopic (exact) mass is 406 g/mol. The Morgan fingerprint density at radius 2 is 0.935 bits per heavy atom. The van der Waals surface area contributed by atoms with Gasteiger partial charge in [0.05, 0.1) is 13.2 Å². The molecule has 0 heterocycles. The summed E-state index contributed by atoms with van der Waals surface area (Å²) in [6.45, 7) is 0.705. The Bertz CT molecular complexity index is 1090. The van der Waals surface area contributed by atoms with Gasteiger partial charge in [-0.15, -0.1) is 0 Å². The van der Waals surface area contributed by atoms with Crippen LogP contribution < -0.4 is 0 Å². The molecule has 4 aromatic rings. The predicted octanol–water partition coefficient (Wildman–Crippen LogP) is 6.36. The minimum atomic E-state index is 0.353. The molecule has 3 nitrogen and oxygen atoms in total. The fourth-order valence-corrected chi connectivity index (χ4v) is 3.86. The number of carbonyl (C=O) groups is 2. The summed E-state index contributed by atoms with van der Waals surface area (Å²) in [5, 5.41) is 0. The van der Waals surface area contributed by atoms with E-state index < -0.39 is 0 Å². The third-order valence-corrected chi connectivity index (χ3v) is 5.26. The van der Waals surface area contributed by atoms with Crippen LogP contribution in [0.3, 0.4) is 0 Å². The number of rotatable bonds is 8. The van der Waals surface area contributed by atoms with Crippen LogP contribution in [-0.2, 0) is 18.0 Å². The summed E-state index contributed by atoms with van der Waals surface area (Å²) in [6, 6.07) is 31.1. The van der Waals surface area contributed by atoms with E-state index in [4.69, 9.17) is 4.74 Å². The molecule has 0 saturated heterocycles. The normalized spacial score (nSPS) is 10.6. The first kappa shape index (κ1) is 20.5. The highest BCUT2D eigenvalue weighted by atomic mass is 16.5. The topological polar surface area (TPSA) is 43.4 Å². The first-order valence-corrected chi connectivity index (χ1v) is 10.1. The van der Waals surface area contributed by atoms with Crippen LogP contribution in [-0.4, -0.2) is 12.6 Å². The summed E-state index contributed by atoms with van der Waals surface area (Å²) >= 11 is 0. The van der Waals surface area contributed by atoms with Crippen molar-refractivity contribution in [3.05, 3.63) is 119 Å². The predicted molar refractivity (Wildman–Crippen MR) is 123 cm³/mol. The lowest BCUT2D eigenvalue weighted by Crippen LogP contribution is -2.01. The van der Waals surface area contributed by atoms with Crippen LogP contribution in [0.1, 0.15) is 31.8 Å². The molecule has 4 aromatic carbocycles. The second-order valence-electron chi connectivity index (χ2n) is 7.22. The number of hydrogen-bond acceptors (Lipinski definition) is 3. The highest BCUT2D eigenvalue weighted by Crippen LogP contribution is 2.30. The van der Waals surface area contributed by atoms with Crippen molar-refractivity contribution in [3.63, 3.8) is 0 Å². The van der Waals surface area contributed by atoms with E-state index >= 15 is 0 Å². The molecule has 152 valence electrons. The van der Waals surface area contributed by atoms with Crippen LogP contribution in [0.5, 0.6) is 0 Å². The molecule has 0 bridgehead atoms. The smallest absolute Gasteiger partial charge is 0.150 e. The van der Waals surface area contributed by atoms with E-state index in [0.717, 1.165) is 46.0 Å².